The van der Waals surface area contributed by atoms with Gasteiger partial charge in [-0.1, -0.05) is 62.2 Å². The molecule has 2 aromatic carbocycles. The van der Waals surface area contributed by atoms with E-state index >= 15 is 0 Å². The number of aromatic nitrogens is 6. The van der Waals surface area contributed by atoms with Crippen molar-refractivity contribution in [1.82, 2.24) is 28.9 Å². The Kier molecular flexibility index (Phi) is 4.54. The molecule has 1 aliphatic carbocycles. The molecule has 1 fully saturated rings. The van der Waals surface area contributed by atoms with Crippen LogP contribution < -0.4 is 11.4 Å². The normalized spacial score (nSPS) is 21.2. The van der Waals surface area contributed by atoms with Crippen molar-refractivity contribution in [1.29, 1.82) is 0 Å². The maximum absolute atomic E-state index is 13.8. The zero-order chi connectivity index (χ0) is 23.6. The van der Waals surface area contributed by atoms with Crippen molar-refractivity contribution in [3.63, 3.8) is 0 Å². The first kappa shape index (κ1) is 20.9. The van der Waals surface area contributed by atoms with Crippen LogP contribution in [0.4, 0.5) is 0 Å². The third kappa shape index (κ3) is 2.76. The van der Waals surface area contributed by atoms with E-state index in [-0.39, 0.29) is 0 Å². The van der Waals surface area contributed by atoms with E-state index in [4.69, 9.17) is 0 Å². The van der Waals surface area contributed by atoms with Gasteiger partial charge in [-0.3, -0.25) is 0 Å². The molecule has 1 aliphatic heterocycles. The number of rotatable bonds is 3. The van der Waals surface area contributed by atoms with E-state index in [1.54, 1.807) is 28.9 Å². The maximum atomic E-state index is 13.8. The van der Waals surface area contributed by atoms with Crippen molar-refractivity contribution < 1.29 is 5.11 Å². The largest absolute Gasteiger partial charge is 0.381 e. The summed E-state index contributed by atoms with van der Waals surface area (Å²) in [5.74, 6) is 0.685. The molecule has 0 saturated heterocycles. The average Bonchev–Trinajstić information content (AvgIpc) is 3.39. The highest BCUT2D eigenvalue weighted by Crippen LogP contribution is 2.47. The van der Waals surface area contributed by atoms with E-state index in [1.807, 2.05) is 30.3 Å². The van der Waals surface area contributed by atoms with Crippen LogP contribution in [-0.4, -0.2) is 34.0 Å². The number of aliphatic hydroxyl groups is 1. The summed E-state index contributed by atoms with van der Waals surface area (Å²) in [5, 5.41) is 20.6. The highest BCUT2D eigenvalue weighted by atomic mass is 16.3. The molecule has 9 nitrogen and oxygen atoms in total. The van der Waals surface area contributed by atoms with E-state index < -0.39 is 23.0 Å². The summed E-state index contributed by atoms with van der Waals surface area (Å²) in [6, 6.07) is 16.1. The molecule has 6 rings (SSSR count). The first-order chi connectivity index (χ1) is 16.4. The Bertz CT molecular complexity index is 1490. The van der Waals surface area contributed by atoms with Crippen LogP contribution >= 0.6 is 0 Å². The van der Waals surface area contributed by atoms with Gasteiger partial charge < -0.3 is 5.11 Å². The second-order valence-electron chi connectivity index (χ2n) is 9.50. The van der Waals surface area contributed by atoms with Crippen molar-refractivity contribution in [3.05, 3.63) is 86.8 Å². The number of nitrogens with zero attached hydrogens (tertiary/aromatic N) is 6. The van der Waals surface area contributed by atoms with Crippen molar-refractivity contribution >= 4 is 0 Å². The Morgan fingerprint density at radius 1 is 0.971 bits per heavy atom. The lowest BCUT2D eigenvalue weighted by molar-refractivity contribution is -0.0658. The Hall–Kier alpha value is -3.72. The summed E-state index contributed by atoms with van der Waals surface area (Å²) in [4.78, 5) is 27.4. The summed E-state index contributed by atoms with van der Waals surface area (Å²) >= 11 is 0. The fourth-order valence-electron chi connectivity index (χ4n) is 5.38. The topological polar surface area (TPSA) is 99.9 Å². The molecular formula is C25H26N6O3. The zero-order valence-corrected chi connectivity index (χ0v) is 19.1. The van der Waals surface area contributed by atoms with Gasteiger partial charge in [0.05, 0.1) is 17.4 Å². The van der Waals surface area contributed by atoms with Crippen LogP contribution in [0.5, 0.6) is 0 Å². The molecule has 0 spiro atoms. The van der Waals surface area contributed by atoms with Crippen molar-refractivity contribution in [2.24, 2.45) is 0 Å². The Balaban J connectivity index is 1.65. The lowest BCUT2D eigenvalue weighted by Crippen LogP contribution is -2.50. The molecule has 0 radical (unpaired) electrons. The molecule has 2 unspecified atom stereocenters. The molecule has 0 amide bonds. The van der Waals surface area contributed by atoms with E-state index in [1.165, 1.54) is 14.9 Å². The average molecular weight is 459 g/mol. The van der Waals surface area contributed by atoms with Gasteiger partial charge in [-0.2, -0.15) is 9.36 Å². The van der Waals surface area contributed by atoms with Crippen LogP contribution in [0.25, 0.3) is 17.2 Å². The molecule has 2 aliphatic rings. The zero-order valence-electron chi connectivity index (χ0n) is 19.1. The van der Waals surface area contributed by atoms with Gasteiger partial charge in [0, 0.05) is 0 Å². The van der Waals surface area contributed by atoms with Crippen LogP contribution in [0, 0.1) is 0 Å². The Labute approximate surface area is 195 Å². The highest BCUT2D eigenvalue weighted by Gasteiger charge is 2.52. The predicted molar refractivity (Wildman–Crippen MR) is 126 cm³/mol. The van der Waals surface area contributed by atoms with Crippen molar-refractivity contribution in [3.8, 4) is 17.2 Å². The molecule has 4 aromatic rings. The minimum atomic E-state index is -1.37. The maximum Gasteiger partial charge on any atom is 0.358 e. The fourth-order valence-corrected chi connectivity index (χ4v) is 5.38. The first-order valence-corrected chi connectivity index (χ1v) is 11.7. The summed E-state index contributed by atoms with van der Waals surface area (Å²) in [7, 11) is 0. The van der Waals surface area contributed by atoms with E-state index in [0.29, 0.717) is 41.6 Å². The molecule has 0 bridgehead atoms. The lowest BCUT2D eigenvalue weighted by atomic mass is 9.77. The smallest absolute Gasteiger partial charge is 0.358 e. The number of hydrogen-bond donors (Lipinski definition) is 1. The molecule has 1 N–H and O–H groups in total. The van der Waals surface area contributed by atoms with Crippen LogP contribution in [0.15, 0.2) is 64.2 Å². The minimum Gasteiger partial charge on any atom is -0.381 e. The summed E-state index contributed by atoms with van der Waals surface area (Å²) in [6.45, 7) is 4.24. The lowest BCUT2D eigenvalue weighted by Gasteiger charge is -2.42. The summed E-state index contributed by atoms with van der Waals surface area (Å²) < 4.78 is 5.48. The highest BCUT2D eigenvalue weighted by molar-refractivity contribution is 5.45. The Morgan fingerprint density at radius 3 is 2.41 bits per heavy atom. The van der Waals surface area contributed by atoms with Crippen LogP contribution in [0.2, 0.25) is 0 Å². The number of fused-ring (bicyclic) bond motifs is 6. The van der Waals surface area contributed by atoms with Crippen LogP contribution in [0.1, 0.15) is 62.7 Å². The fraction of sp³-hybridized carbons (Fsp3) is 0.360. The number of para-hydroxylation sites is 1. The Morgan fingerprint density at radius 2 is 1.71 bits per heavy atom. The summed E-state index contributed by atoms with van der Waals surface area (Å²) in [5.41, 5.74) is 0.346. The van der Waals surface area contributed by atoms with Crippen LogP contribution in [-0.2, 0) is 5.60 Å². The molecular weight excluding hydrogens is 432 g/mol. The molecule has 3 heterocycles. The minimum absolute atomic E-state index is 0.315. The van der Waals surface area contributed by atoms with Gasteiger partial charge in [-0.25, -0.2) is 18.8 Å². The molecule has 9 heteroatoms. The summed E-state index contributed by atoms with van der Waals surface area (Å²) in [6.07, 6.45) is 2.68. The van der Waals surface area contributed by atoms with Crippen molar-refractivity contribution in [2.75, 3.05) is 0 Å². The van der Waals surface area contributed by atoms with E-state index in [9.17, 15) is 14.7 Å². The second-order valence-corrected chi connectivity index (χ2v) is 9.50. The van der Waals surface area contributed by atoms with Gasteiger partial charge in [0.1, 0.15) is 11.3 Å². The second kappa shape index (κ2) is 7.39. The molecule has 1 saturated carbocycles. The van der Waals surface area contributed by atoms with Crippen LogP contribution in [0.3, 0.4) is 0 Å². The third-order valence-electron chi connectivity index (χ3n) is 7.18. The van der Waals surface area contributed by atoms with E-state index in [2.05, 4.69) is 24.2 Å². The van der Waals surface area contributed by atoms with E-state index in [0.717, 1.165) is 17.4 Å². The third-order valence-corrected chi connectivity index (χ3v) is 7.18. The molecule has 2 aromatic heterocycles. The van der Waals surface area contributed by atoms with Gasteiger partial charge in [0.15, 0.2) is 5.82 Å². The molecule has 2 atom stereocenters. The molecule has 34 heavy (non-hydrogen) atoms. The predicted octanol–water partition coefficient (Wildman–Crippen LogP) is 2.81. The van der Waals surface area contributed by atoms with Gasteiger partial charge in [0.2, 0.25) is 0 Å². The standard InChI is InChI=1S/C25H26N6O3/c1-16(2)17-11-13-19(14-12-17)29-22-21(26-27-29)25(34)15-7-6-10-20(25)30-23(32)28(24(33)31(22)30)18-8-4-3-5-9-18/h3-5,8-9,11-14,16,20,34H,6-7,10,15H2,1-2H3. The monoisotopic (exact) mass is 458 g/mol. The molecule has 174 valence electrons. The first-order valence-electron chi connectivity index (χ1n) is 11.7. The SMILES string of the molecule is CC(C)c1ccc(-n2nnc3c2-n2c(=O)n(-c4ccccc4)c(=O)n2C2CCCCC32O)cc1. The number of hydrogen-bond acceptors (Lipinski definition) is 5. The van der Waals surface area contributed by atoms with Gasteiger partial charge >= 0.3 is 11.4 Å². The van der Waals surface area contributed by atoms with Gasteiger partial charge in [-0.05, 0) is 48.6 Å². The number of benzene rings is 2. The van der Waals surface area contributed by atoms with Crippen molar-refractivity contribution in [2.45, 2.75) is 57.1 Å². The quantitative estimate of drug-likeness (QED) is 0.509. The van der Waals surface area contributed by atoms with Gasteiger partial charge in [-0.15, -0.1) is 5.10 Å². The van der Waals surface area contributed by atoms with Gasteiger partial charge in [0.25, 0.3) is 0 Å².